The van der Waals surface area contributed by atoms with Crippen molar-refractivity contribution < 1.29 is 15.0 Å². The number of unbranched alkanes of at least 4 members (excludes halogenated alkanes) is 8. The minimum Gasteiger partial charge on any atom is -0.756 e. The smallest absolute Gasteiger partial charge is 0.212 e. The molecule has 0 aromatic rings. The van der Waals surface area contributed by atoms with Crippen molar-refractivity contribution in [2.24, 2.45) is 0 Å². The minimum atomic E-state index is -0.321. The summed E-state index contributed by atoms with van der Waals surface area (Å²) < 4.78 is 0. The van der Waals surface area contributed by atoms with Crippen LogP contribution >= 0.6 is 0 Å². The quantitative estimate of drug-likeness (QED) is 0.290. The number of nitrogens with zero attached hydrogens (tertiary/aromatic N) is 2. The monoisotopic (exact) mass is 359 g/mol. The third kappa shape index (κ3) is 15.3. The van der Waals surface area contributed by atoms with Crippen LogP contribution in [0.15, 0.2) is 0 Å². The Labute approximate surface area is 153 Å². The number of hydrogen-bond acceptors (Lipinski definition) is 5. The van der Waals surface area contributed by atoms with Crippen LogP contribution in [0.1, 0.15) is 77.6 Å². The normalized spacial score (nSPS) is 11.2. The lowest BCUT2D eigenvalue weighted by Crippen LogP contribution is -2.33. The Kier molecular flexibility index (Phi) is 17.6. The highest BCUT2D eigenvalue weighted by Crippen LogP contribution is 2.11. The van der Waals surface area contributed by atoms with Gasteiger partial charge in [-0.25, -0.2) is 0 Å². The van der Waals surface area contributed by atoms with Crippen molar-refractivity contribution in [2.45, 2.75) is 77.6 Å². The first kappa shape index (κ1) is 24.3. The number of aliphatic hydroxyl groups excluding tert-OH is 2. The Morgan fingerprint density at radius 1 is 0.760 bits per heavy atom. The van der Waals surface area contributed by atoms with E-state index in [4.69, 9.17) is 10.2 Å². The summed E-state index contributed by atoms with van der Waals surface area (Å²) in [6.07, 6.45) is 11.6. The summed E-state index contributed by atoms with van der Waals surface area (Å²) in [7, 11) is 0. The first-order valence-electron chi connectivity index (χ1n) is 10.1. The van der Waals surface area contributed by atoms with Crippen LogP contribution in [0.5, 0.6) is 0 Å². The van der Waals surface area contributed by atoms with Crippen LogP contribution in [-0.4, -0.2) is 65.5 Å². The van der Waals surface area contributed by atoms with Gasteiger partial charge in [-0.1, -0.05) is 58.3 Å². The number of hydroxylamine groups is 2. The number of hydrogen-bond donors (Lipinski definition) is 2. The molecule has 0 atom stereocenters. The van der Waals surface area contributed by atoms with Gasteiger partial charge >= 0.3 is 0 Å². The Morgan fingerprint density at radius 3 is 1.80 bits per heavy atom. The van der Waals surface area contributed by atoms with Crippen LogP contribution in [0, 0.1) is 5.21 Å². The number of carbonyl (C=O) groups excluding carboxylic acids is 1. The largest absolute Gasteiger partial charge is 0.756 e. The first-order chi connectivity index (χ1) is 12.2. The van der Waals surface area contributed by atoms with E-state index in [9.17, 15) is 10.0 Å². The van der Waals surface area contributed by atoms with Gasteiger partial charge in [0, 0.05) is 26.1 Å². The zero-order chi connectivity index (χ0) is 18.8. The van der Waals surface area contributed by atoms with Crippen LogP contribution < -0.4 is 0 Å². The highest BCUT2D eigenvalue weighted by Gasteiger charge is 2.06. The molecule has 0 fully saturated rings. The summed E-state index contributed by atoms with van der Waals surface area (Å²) in [4.78, 5) is 13.7. The molecule has 0 unspecified atom stereocenters. The Morgan fingerprint density at radius 2 is 1.28 bits per heavy atom. The van der Waals surface area contributed by atoms with E-state index in [1.807, 2.05) is 4.90 Å². The molecule has 2 N–H and O–H groups in total. The topological polar surface area (TPSA) is 87.1 Å². The highest BCUT2D eigenvalue weighted by atomic mass is 16.5. The zero-order valence-electron chi connectivity index (χ0n) is 16.1. The van der Waals surface area contributed by atoms with Crippen molar-refractivity contribution in [3.63, 3.8) is 0 Å². The molecule has 0 aromatic heterocycles. The van der Waals surface area contributed by atoms with Crippen LogP contribution in [0.3, 0.4) is 0 Å². The third-order valence-corrected chi connectivity index (χ3v) is 4.44. The maximum atomic E-state index is 11.8. The summed E-state index contributed by atoms with van der Waals surface area (Å²) in [6.45, 7) is 4.01. The molecule has 150 valence electrons. The lowest BCUT2D eigenvalue weighted by atomic mass is 10.1. The van der Waals surface area contributed by atoms with Crippen molar-refractivity contribution in [1.82, 2.24) is 9.96 Å². The second kappa shape index (κ2) is 18.1. The summed E-state index contributed by atoms with van der Waals surface area (Å²) in [5.74, 6) is -0.321. The van der Waals surface area contributed by atoms with Gasteiger partial charge in [0.25, 0.3) is 0 Å². The van der Waals surface area contributed by atoms with E-state index >= 15 is 0 Å². The van der Waals surface area contributed by atoms with Gasteiger partial charge in [0.1, 0.15) is 0 Å². The van der Waals surface area contributed by atoms with E-state index in [0.717, 1.165) is 19.3 Å². The van der Waals surface area contributed by atoms with Gasteiger partial charge in [-0.3, -0.25) is 9.69 Å². The molecule has 6 nitrogen and oxygen atoms in total. The van der Waals surface area contributed by atoms with Crippen molar-refractivity contribution in [2.75, 3.05) is 39.4 Å². The maximum absolute atomic E-state index is 11.8. The van der Waals surface area contributed by atoms with Crippen LogP contribution in [-0.2, 0) is 4.79 Å². The fourth-order valence-electron chi connectivity index (χ4n) is 2.89. The van der Waals surface area contributed by atoms with Crippen molar-refractivity contribution in [3.05, 3.63) is 5.21 Å². The van der Waals surface area contributed by atoms with Crippen molar-refractivity contribution >= 4 is 5.91 Å². The minimum absolute atomic E-state index is 0.0264. The van der Waals surface area contributed by atoms with E-state index in [-0.39, 0.29) is 25.7 Å². The number of amides is 1. The molecular weight excluding hydrogens is 320 g/mol. The number of aliphatic hydroxyl groups is 2. The predicted molar refractivity (Wildman–Crippen MR) is 102 cm³/mol. The molecule has 0 radical (unpaired) electrons. The van der Waals surface area contributed by atoms with Gasteiger partial charge in [0.2, 0.25) is 5.91 Å². The molecule has 0 aromatic carbocycles. The molecular formula is C19H39N2O4-. The molecule has 0 spiro atoms. The standard InChI is InChI=1S/C19H39N2O4/c1-2-3-4-5-6-7-8-9-10-12-19(24)21(25)14-11-13-20(15-17-22)16-18-23/h22-23H,2-18H2,1H3/q-1. The molecule has 0 aliphatic carbocycles. The molecule has 0 aliphatic heterocycles. The van der Waals surface area contributed by atoms with Crippen molar-refractivity contribution in [3.8, 4) is 0 Å². The third-order valence-electron chi connectivity index (χ3n) is 4.44. The fraction of sp³-hybridized carbons (Fsp3) is 0.947. The van der Waals surface area contributed by atoms with Crippen LogP contribution in [0.25, 0.3) is 0 Å². The van der Waals surface area contributed by atoms with E-state index < -0.39 is 0 Å². The average molecular weight is 360 g/mol. The van der Waals surface area contributed by atoms with Crippen molar-refractivity contribution in [1.29, 1.82) is 0 Å². The zero-order valence-corrected chi connectivity index (χ0v) is 16.1. The Hall–Kier alpha value is -0.690. The lowest BCUT2D eigenvalue weighted by Gasteiger charge is -2.29. The van der Waals surface area contributed by atoms with Gasteiger partial charge in [-0.05, 0) is 19.4 Å². The van der Waals surface area contributed by atoms with Gasteiger partial charge in [-0.15, -0.1) is 0 Å². The van der Waals surface area contributed by atoms with Crippen LogP contribution in [0.4, 0.5) is 0 Å². The Balaban J connectivity index is 3.58. The number of carbonyl (C=O) groups is 1. The first-order valence-corrected chi connectivity index (χ1v) is 10.1. The molecule has 0 bridgehead atoms. The van der Waals surface area contributed by atoms with E-state index in [0.29, 0.717) is 37.5 Å². The SMILES string of the molecule is CCCCCCCCCCCC(=O)N([O-])CCCN(CCO)CCO. The molecule has 0 saturated heterocycles. The lowest BCUT2D eigenvalue weighted by molar-refractivity contribution is -0.128. The molecule has 0 saturated carbocycles. The van der Waals surface area contributed by atoms with E-state index in [1.54, 1.807) is 0 Å². The summed E-state index contributed by atoms with van der Waals surface area (Å²) in [6, 6.07) is 0. The van der Waals surface area contributed by atoms with Gasteiger partial charge < -0.3 is 20.5 Å². The van der Waals surface area contributed by atoms with Gasteiger partial charge in [0.15, 0.2) is 0 Å². The fourth-order valence-corrected chi connectivity index (χ4v) is 2.89. The highest BCUT2D eigenvalue weighted by molar-refractivity contribution is 5.76. The Bertz CT molecular complexity index is 297. The average Bonchev–Trinajstić information content (AvgIpc) is 2.60. The summed E-state index contributed by atoms with van der Waals surface area (Å²) in [5, 5.41) is 30.2. The van der Waals surface area contributed by atoms with Gasteiger partial charge in [-0.2, -0.15) is 0 Å². The molecule has 0 rings (SSSR count). The van der Waals surface area contributed by atoms with Crippen LogP contribution in [0.2, 0.25) is 0 Å². The number of rotatable bonds is 18. The second-order valence-corrected chi connectivity index (χ2v) is 6.72. The second-order valence-electron chi connectivity index (χ2n) is 6.72. The predicted octanol–water partition coefficient (Wildman–Crippen LogP) is 2.91. The van der Waals surface area contributed by atoms with E-state index in [2.05, 4.69) is 6.92 Å². The molecule has 6 heteroatoms. The molecule has 0 aliphatic rings. The summed E-state index contributed by atoms with van der Waals surface area (Å²) in [5.41, 5.74) is 0. The molecule has 1 amide bonds. The van der Waals surface area contributed by atoms with Gasteiger partial charge in [0.05, 0.1) is 13.2 Å². The molecule has 25 heavy (non-hydrogen) atoms. The summed E-state index contributed by atoms with van der Waals surface area (Å²) >= 11 is 0. The molecule has 0 heterocycles. The van der Waals surface area contributed by atoms with E-state index in [1.165, 1.54) is 38.5 Å². The maximum Gasteiger partial charge on any atom is 0.212 e.